The van der Waals surface area contributed by atoms with Crippen LogP contribution >= 0.6 is 0 Å². The average Bonchev–Trinajstić information content (AvgIpc) is 3.83. The Labute approximate surface area is 366 Å². The molecule has 0 saturated heterocycles. The first kappa shape index (κ1) is 34.6. The molecule has 0 atom stereocenters. The highest BCUT2D eigenvalue weighted by Crippen LogP contribution is 2.65. The molecule has 1 spiro atoms. The van der Waals surface area contributed by atoms with Crippen LogP contribution in [0.5, 0.6) is 0 Å². The van der Waals surface area contributed by atoms with Gasteiger partial charge in [0, 0.05) is 0 Å². The third-order valence-electron chi connectivity index (χ3n) is 14.4. The van der Waals surface area contributed by atoms with Crippen molar-refractivity contribution in [1.82, 2.24) is 0 Å². The van der Waals surface area contributed by atoms with Crippen LogP contribution in [-0.4, -0.2) is 0 Å². The smallest absolute Gasteiger partial charge is 0.0622 e. The third-order valence-corrected chi connectivity index (χ3v) is 14.4. The van der Waals surface area contributed by atoms with E-state index in [4.69, 9.17) is 0 Å². The van der Waals surface area contributed by atoms with Gasteiger partial charge in [0.15, 0.2) is 0 Å². The minimum atomic E-state index is -0.455. The molecule has 0 aromatic heterocycles. The molecular weight excluding hydrogens is 757 g/mol. The first-order valence-corrected chi connectivity index (χ1v) is 22.1. The minimum Gasteiger partial charge on any atom is -0.0622 e. The lowest BCUT2D eigenvalue weighted by atomic mass is 9.68. The summed E-state index contributed by atoms with van der Waals surface area (Å²) < 4.78 is 0. The highest BCUT2D eigenvalue weighted by molar-refractivity contribution is 6.22. The number of rotatable bonds is 3. The number of fused-ring (bicyclic) bond motifs is 17. The summed E-state index contributed by atoms with van der Waals surface area (Å²) in [5, 5.41) is 12.7. The summed E-state index contributed by atoms with van der Waals surface area (Å²) in [5.74, 6) is 0. The van der Waals surface area contributed by atoms with Gasteiger partial charge in [-0.15, -0.1) is 0 Å². The molecule has 0 amide bonds. The molecule has 14 rings (SSSR count). The molecule has 0 saturated carbocycles. The predicted octanol–water partition coefficient (Wildman–Crippen LogP) is 16.8. The van der Waals surface area contributed by atoms with Crippen molar-refractivity contribution >= 4 is 53.9 Å². The molecule has 2 aliphatic carbocycles. The van der Waals surface area contributed by atoms with Gasteiger partial charge in [-0.05, 0) is 150 Å². The zero-order chi connectivity index (χ0) is 41.2. The quantitative estimate of drug-likeness (QED) is 0.156. The second kappa shape index (κ2) is 13.0. The van der Waals surface area contributed by atoms with Crippen molar-refractivity contribution in [2.24, 2.45) is 0 Å². The van der Waals surface area contributed by atoms with Crippen molar-refractivity contribution in [2.45, 2.75) is 5.41 Å². The van der Waals surface area contributed by atoms with E-state index in [2.05, 4.69) is 231 Å². The Morgan fingerprint density at radius 1 is 0.222 bits per heavy atom. The molecule has 12 aromatic carbocycles. The largest absolute Gasteiger partial charge is 0.0737 e. The van der Waals surface area contributed by atoms with Gasteiger partial charge in [0.05, 0.1) is 5.41 Å². The summed E-state index contributed by atoms with van der Waals surface area (Å²) in [5.41, 5.74) is 17.9. The zero-order valence-electron chi connectivity index (χ0n) is 34.4. The molecule has 290 valence electrons. The van der Waals surface area contributed by atoms with E-state index in [-0.39, 0.29) is 0 Å². The number of hydrogen-bond donors (Lipinski definition) is 0. The second-order valence-corrected chi connectivity index (χ2v) is 17.5. The Hall–Kier alpha value is -8.06. The van der Waals surface area contributed by atoms with Crippen LogP contribution in [0.4, 0.5) is 0 Å². The van der Waals surface area contributed by atoms with E-state index >= 15 is 0 Å². The van der Waals surface area contributed by atoms with Crippen LogP contribution in [0, 0.1) is 0 Å². The van der Waals surface area contributed by atoms with E-state index in [0.29, 0.717) is 0 Å². The van der Waals surface area contributed by atoms with Crippen molar-refractivity contribution in [1.29, 1.82) is 0 Å². The van der Waals surface area contributed by atoms with Gasteiger partial charge in [-0.1, -0.05) is 212 Å². The fourth-order valence-electron chi connectivity index (χ4n) is 11.9. The van der Waals surface area contributed by atoms with E-state index in [9.17, 15) is 0 Å². The average molecular weight is 795 g/mol. The fourth-order valence-corrected chi connectivity index (χ4v) is 11.9. The molecule has 0 heteroatoms. The predicted molar refractivity (Wildman–Crippen MR) is 267 cm³/mol. The summed E-state index contributed by atoms with van der Waals surface area (Å²) >= 11 is 0. The van der Waals surface area contributed by atoms with Crippen molar-refractivity contribution in [3.8, 4) is 55.6 Å². The van der Waals surface area contributed by atoms with Gasteiger partial charge in [0.2, 0.25) is 0 Å². The van der Waals surface area contributed by atoms with Crippen molar-refractivity contribution < 1.29 is 0 Å². The maximum atomic E-state index is 2.46. The SMILES string of the molecule is c1ccc(-c2ccc3cc(-c4c5ccccc5c(-c5ccc6c7c(ccc6c5)-c5ccc6ccccc6c5C75c6ccccc6-c6ccccc65)c5ccccc45)ccc3c2)cc1. The molecule has 0 aliphatic heterocycles. The lowest BCUT2D eigenvalue weighted by molar-refractivity contribution is 0.809. The van der Waals surface area contributed by atoms with Gasteiger partial charge in [-0.2, -0.15) is 0 Å². The molecule has 0 unspecified atom stereocenters. The molecule has 0 bridgehead atoms. The lowest BCUT2D eigenvalue weighted by Crippen LogP contribution is -2.26. The Bertz CT molecular complexity index is 3800. The number of hydrogen-bond acceptors (Lipinski definition) is 0. The van der Waals surface area contributed by atoms with Gasteiger partial charge in [-0.25, -0.2) is 0 Å². The Kier molecular flexibility index (Phi) is 7.13. The van der Waals surface area contributed by atoms with E-state index in [0.717, 1.165) is 0 Å². The third kappa shape index (κ3) is 4.70. The van der Waals surface area contributed by atoms with Crippen LogP contribution < -0.4 is 0 Å². The molecule has 0 fully saturated rings. The Balaban J connectivity index is 0.999. The summed E-state index contributed by atoms with van der Waals surface area (Å²) in [7, 11) is 0. The number of benzene rings is 12. The summed E-state index contributed by atoms with van der Waals surface area (Å²) in [4.78, 5) is 0. The van der Waals surface area contributed by atoms with Gasteiger partial charge in [0.25, 0.3) is 0 Å². The molecule has 0 nitrogen and oxygen atoms in total. The summed E-state index contributed by atoms with van der Waals surface area (Å²) in [6.45, 7) is 0. The Morgan fingerprint density at radius 2 is 0.635 bits per heavy atom. The molecule has 0 heterocycles. The van der Waals surface area contributed by atoms with Crippen LogP contribution in [0.2, 0.25) is 0 Å². The van der Waals surface area contributed by atoms with Crippen LogP contribution in [0.3, 0.4) is 0 Å². The first-order valence-electron chi connectivity index (χ1n) is 22.1. The second-order valence-electron chi connectivity index (χ2n) is 17.5. The molecule has 2 aliphatic rings. The lowest BCUT2D eigenvalue weighted by Gasteiger charge is -2.32. The fraction of sp³-hybridized carbons (Fsp3) is 0.0159. The van der Waals surface area contributed by atoms with Gasteiger partial charge < -0.3 is 0 Å². The van der Waals surface area contributed by atoms with E-state index in [1.54, 1.807) is 0 Å². The minimum absolute atomic E-state index is 0.455. The van der Waals surface area contributed by atoms with Crippen LogP contribution in [0.1, 0.15) is 22.3 Å². The van der Waals surface area contributed by atoms with Crippen LogP contribution in [0.25, 0.3) is 109 Å². The Morgan fingerprint density at radius 3 is 1.24 bits per heavy atom. The normalized spacial score (nSPS) is 13.2. The molecular formula is C63H38. The highest BCUT2D eigenvalue weighted by atomic mass is 14.5. The maximum absolute atomic E-state index is 2.46. The van der Waals surface area contributed by atoms with E-state index in [1.165, 1.54) is 132 Å². The molecule has 0 radical (unpaired) electrons. The maximum Gasteiger partial charge on any atom is 0.0737 e. The van der Waals surface area contributed by atoms with Crippen LogP contribution in [0.15, 0.2) is 231 Å². The molecule has 12 aromatic rings. The molecule has 0 N–H and O–H groups in total. The monoisotopic (exact) mass is 794 g/mol. The summed E-state index contributed by atoms with van der Waals surface area (Å²) in [6.07, 6.45) is 0. The van der Waals surface area contributed by atoms with Gasteiger partial charge in [-0.3, -0.25) is 0 Å². The van der Waals surface area contributed by atoms with Crippen molar-refractivity contribution in [3.63, 3.8) is 0 Å². The topological polar surface area (TPSA) is 0 Å². The van der Waals surface area contributed by atoms with Gasteiger partial charge >= 0.3 is 0 Å². The van der Waals surface area contributed by atoms with Crippen molar-refractivity contribution in [3.05, 3.63) is 253 Å². The van der Waals surface area contributed by atoms with E-state index < -0.39 is 5.41 Å². The van der Waals surface area contributed by atoms with Gasteiger partial charge in [0.1, 0.15) is 0 Å². The van der Waals surface area contributed by atoms with Crippen LogP contribution in [-0.2, 0) is 5.41 Å². The highest BCUT2D eigenvalue weighted by Gasteiger charge is 2.53. The standard InChI is InChI=1S/C63H38/c1-2-14-39(15-3-1)41-26-27-43-37-45(29-28-42(43)36-41)59-51-20-6-8-22-53(51)60(54-23-9-7-21-52(54)59)46-32-33-48-44(38-46)31-35-56-55-34-30-40-16-4-5-17-47(40)61(55)63(62(48)56)57-24-12-10-18-49(57)50-19-11-13-25-58(50)63/h1-38H. The van der Waals surface area contributed by atoms with E-state index in [1.807, 2.05) is 0 Å². The molecule has 63 heavy (non-hydrogen) atoms. The first-order chi connectivity index (χ1) is 31.3. The van der Waals surface area contributed by atoms with Crippen molar-refractivity contribution in [2.75, 3.05) is 0 Å². The zero-order valence-corrected chi connectivity index (χ0v) is 34.4. The summed E-state index contributed by atoms with van der Waals surface area (Å²) in [6, 6.07) is 86.6.